The van der Waals surface area contributed by atoms with Gasteiger partial charge in [-0.15, -0.1) is 16.4 Å². The van der Waals surface area contributed by atoms with Crippen molar-refractivity contribution in [3.63, 3.8) is 0 Å². The van der Waals surface area contributed by atoms with Gasteiger partial charge in [0.05, 0.1) is 23.6 Å². The molecule has 21 heavy (non-hydrogen) atoms. The Labute approximate surface area is 126 Å². The zero-order valence-electron chi connectivity index (χ0n) is 12.0. The number of nitrogens with one attached hydrogen (secondary N) is 1. The number of hydrogen-bond donors (Lipinski definition) is 1. The first kappa shape index (κ1) is 13.6. The Morgan fingerprint density at radius 3 is 2.76 bits per heavy atom. The molecule has 8 heteroatoms. The molecular formula is C13H15N7S. The molecule has 108 valence electrons. The summed E-state index contributed by atoms with van der Waals surface area (Å²) in [5.74, 6) is 0.519. The molecule has 3 heterocycles. The molecule has 0 radical (unpaired) electrons. The maximum Gasteiger partial charge on any atom is 0.243 e. The Hall–Kier alpha value is -2.35. The van der Waals surface area contributed by atoms with Crippen molar-refractivity contribution in [1.82, 2.24) is 29.9 Å². The fourth-order valence-electron chi connectivity index (χ4n) is 1.74. The first-order valence-corrected chi connectivity index (χ1v) is 7.36. The van der Waals surface area contributed by atoms with Crippen molar-refractivity contribution < 1.29 is 0 Å². The van der Waals surface area contributed by atoms with Crippen LogP contribution in [0, 0.1) is 13.8 Å². The van der Waals surface area contributed by atoms with Crippen LogP contribution in [0.4, 0.5) is 5.95 Å². The summed E-state index contributed by atoms with van der Waals surface area (Å²) in [6.45, 7) is 4.36. The number of anilines is 1. The number of nitrogens with zero attached hydrogens (tertiary/aromatic N) is 6. The lowest BCUT2D eigenvalue weighted by atomic mass is 10.4. The molecule has 0 saturated carbocycles. The van der Waals surface area contributed by atoms with Crippen molar-refractivity contribution in [2.75, 3.05) is 5.32 Å². The van der Waals surface area contributed by atoms with E-state index in [1.165, 1.54) is 0 Å². The molecule has 0 aromatic carbocycles. The second-order valence-electron chi connectivity index (χ2n) is 4.68. The van der Waals surface area contributed by atoms with Gasteiger partial charge in [-0.05, 0) is 19.9 Å². The van der Waals surface area contributed by atoms with Crippen LogP contribution in [-0.4, -0.2) is 29.9 Å². The van der Waals surface area contributed by atoms with Gasteiger partial charge in [0.1, 0.15) is 10.7 Å². The molecule has 7 nitrogen and oxygen atoms in total. The highest BCUT2D eigenvalue weighted by Crippen LogP contribution is 2.21. The van der Waals surface area contributed by atoms with Gasteiger partial charge in [0.25, 0.3) is 0 Å². The van der Waals surface area contributed by atoms with E-state index < -0.39 is 0 Å². The van der Waals surface area contributed by atoms with Crippen LogP contribution in [0.3, 0.4) is 0 Å². The smallest absolute Gasteiger partial charge is 0.243 e. The van der Waals surface area contributed by atoms with Gasteiger partial charge in [0.15, 0.2) is 0 Å². The van der Waals surface area contributed by atoms with Gasteiger partial charge in [-0.1, -0.05) is 0 Å². The van der Waals surface area contributed by atoms with E-state index in [0.717, 1.165) is 27.8 Å². The number of hydrogen-bond acceptors (Lipinski definition) is 7. The van der Waals surface area contributed by atoms with Crippen LogP contribution in [-0.2, 0) is 13.6 Å². The van der Waals surface area contributed by atoms with Crippen LogP contribution in [0.2, 0.25) is 0 Å². The Bertz CT molecular complexity index is 761. The number of aromatic nitrogens is 6. The Morgan fingerprint density at radius 1 is 1.19 bits per heavy atom. The lowest BCUT2D eigenvalue weighted by molar-refractivity contribution is 0.770. The van der Waals surface area contributed by atoms with Crippen molar-refractivity contribution in [1.29, 1.82) is 0 Å². The van der Waals surface area contributed by atoms with Crippen LogP contribution in [0.1, 0.15) is 17.1 Å². The van der Waals surface area contributed by atoms with Crippen LogP contribution < -0.4 is 5.32 Å². The first-order valence-electron chi connectivity index (χ1n) is 6.48. The lowest BCUT2D eigenvalue weighted by Gasteiger charge is -2.03. The maximum absolute atomic E-state index is 4.55. The summed E-state index contributed by atoms with van der Waals surface area (Å²) >= 11 is 1.57. The van der Waals surface area contributed by atoms with Gasteiger partial charge in [0.2, 0.25) is 5.95 Å². The minimum Gasteiger partial charge on any atom is -0.347 e. The highest BCUT2D eigenvalue weighted by atomic mass is 32.1. The van der Waals surface area contributed by atoms with Crippen LogP contribution in [0.5, 0.6) is 0 Å². The summed E-state index contributed by atoms with van der Waals surface area (Å²) in [6.07, 6.45) is 1.91. The minimum absolute atomic E-state index is 0.519. The Kier molecular flexibility index (Phi) is 3.61. The molecule has 0 fully saturated rings. The van der Waals surface area contributed by atoms with Gasteiger partial charge in [-0.25, -0.2) is 9.97 Å². The monoisotopic (exact) mass is 301 g/mol. The first-order chi connectivity index (χ1) is 10.1. The maximum atomic E-state index is 4.55. The Morgan fingerprint density at radius 2 is 2.05 bits per heavy atom. The summed E-state index contributed by atoms with van der Waals surface area (Å²) in [7, 11) is 1.89. The molecule has 3 aromatic heterocycles. The largest absolute Gasteiger partial charge is 0.347 e. The topological polar surface area (TPSA) is 81.4 Å². The second-order valence-corrected chi connectivity index (χ2v) is 5.54. The second kappa shape index (κ2) is 5.57. The summed E-state index contributed by atoms with van der Waals surface area (Å²) in [4.78, 5) is 8.88. The highest BCUT2D eigenvalue weighted by Gasteiger charge is 2.08. The zero-order chi connectivity index (χ0) is 14.8. The van der Waals surface area contributed by atoms with Gasteiger partial charge < -0.3 is 5.32 Å². The fourth-order valence-corrected chi connectivity index (χ4v) is 2.52. The molecule has 3 rings (SSSR count). The molecule has 0 atom stereocenters. The van der Waals surface area contributed by atoms with Crippen LogP contribution in [0.25, 0.3) is 10.7 Å². The summed E-state index contributed by atoms with van der Waals surface area (Å²) in [5.41, 5.74) is 3.53. The predicted molar refractivity (Wildman–Crippen MR) is 80.9 cm³/mol. The minimum atomic E-state index is 0.519. The van der Waals surface area contributed by atoms with E-state index in [0.29, 0.717) is 12.5 Å². The molecule has 0 saturated heterocycles. The summed E-state index contributed by atoms with van der Waals surface area (Å²) in [5, 5.41) is 18.4. The van der Waals surface area contributed by atoms with Gasteiger partial charge in [-0.2, -0.15) is 10.2 Å². The van der Waals surface area contributed by atoms with Crippen molar-refractivity contribution >= 4 is 17.3 Å². The van der Waals surface area contributed by atoms with E-state index in [-0.39, 0.29) is 0 Å². The lowest BCUT2D eigenvalue weighted by Crippen LogP contribution is -2.07. The highest BCUT2D eigenvalue weighted by molar-refractivity contribution is 7.13. The van der Waals surface area contributed by atoms with E-state index in [4.69, 9.17) is 0 Å². The SMILES string of the molecule is Cc1nnc(NCc2csc(-c3ccn(C)n3)n2)nc1C. The molecule has 0 aliphatic heterocycles. The third kappa shape index (κ3) is 3.05. The number of rotatable bonds is 4. The third-order valence-electron chi connectivity index (χ3n) is 3.00. The zero-order valence-corrected chi connectivity index (χ0v) is 12.8. The van der Waals surface area contributed by atoms with Crippen molar-refractivity contribution in [2.24, 2.45) is 7.05 Å². The Balaban J connectivity index is 1.68. The van der Waals surface area contributed by atoms with Gasteiger partial charge >= 0.3 is 0 Å². The van der Waals surface area contributed by atoms with E-state index in [1.54, 1.807) is 16.0 Å². The molecule has 0 amide bonds. The normalized spacial score (nSPS) is 10.8. The molecule has 0 aliphatic rings. The molecule has 0 bridgehead atoms. The van der Waals surface area contributed by atoms with Crippen molar-refractivity contribution in [3.8, 4) is 10.7 Å². The van der Waals surface area contributed by atoms with Crippen LogP contribution in [0.15, 0.2) is 17.6 Å². The van der Waals surface area contributed by atoms with Crippen molar-refractivity contribution in [2.45, 2.75) is 20.4 Å². The van der Waals surface area contributed by atoms with E-state index in [2.05, 4.69) is 30.6 Å². The quantitative estimate of drug-likeness (QED) is 0.793. The predicted octanol–water partition coefficient (Wildman–Crippen LogP) is 1.96. The van der Waals surface area contributed by atoms with E-state index in [1.807, 2.05) is 38.5 Å². The van der Waals surface area contributed by atoms with Gasteiger partial charge in [0, 0.05) is 18.6 Å². The third-order valence-corrected chi connectivity index (χ3v) is 3.92. The molecule has 0 aliphatic carbocycles. The van der Waals surface area contributed by atoms with E-state index in [9.17, 15) is 0 Å². The molecule has 0 spiro atoms. The van der Waals surface area contributed by atoms with Crippen LogP contribution >= 0.6 is 11.3 Å². The molecule has 0 unspecified atom stereocenters. The molecular weight excluding hydrogens is 286 g/mol. The van der Waals surface area contributed by atoms with E-state index >= 15 is 0 Å². The van der Waals surface area contributed by atoms with Crippen molar-refractivity contribution in [3.05, 3.63) is 34.7 Å². The average Bonchev–Trinajstić information content (AvgIpc) is 3.09. The number of aryl methyl sites for hydroxylation is 3. The summed E-state index contributed by atoms with van der Waals surface area (Å²) < 4.78 is 1.77. The molecule has 3 aromatic rings. The molecule has 1 N–H and O–H groups in total. The fraction of sp³-hybridized carbons (Fsp3) is 0.308. The standard InChI is InChI=1S/C13H15N7S/c1-8-9(2)17-18-13(15-8)14-6-10-7-21-12(16-10)11-4-5-20(3)19-11/h4-5,7H,6H2,1-3H3,(H,14,15,18). The average molecular weight is 301 g/mol. The number of thiazole rings is 1. The summed E-state index contributed by atoms with van der Waals surface area (Å²) in [6, 6.07) is 1.95. The van der Waals surface area contributed by atoms with Gasteiger partial charge in [-0.3, -0.25) is 4.68 Å².